The van der Waals surface area contributed by atoms with Crippen LogP contribution in [-0.2, 0) is 11.2 Å². The lowest BCUT2D eigenvalue weighted by molar-refractivity contribution is 0.0599. The topological polar surface area (TPSA) is 26.3 Å². The molecule has 0 spiro atoms. The fourth-order valence-electron chi connectivity index (χ4n) is 1.92. The molecule has 0 fully saturated rings. The van der Waals surface area contributed by atoms with E-state index in [2.05, 4.69) is 0 Å². The molecule has 2 aromatic carbocycles. The maximum atomic E-state index is 11.7. The van der Waals surface area contributed by atoms with E-state index in [1.807, 2.05) is 24.3 Å². The molecule has 2 aromatic rings. The highest BCUT2D eigenvalue weighted by Crippen LogP contribution is 2.22. The highest BCUT2D eigenvalue weighted by atomic mass is 35.5. The third-order valence-electron chi connectivity index (χ3n) is 2.74. The quantitative estimate of drug-likeness (QED) is 0.786. The number of rotatable bonds is 3. The minimum atomic E-state index is -0.344. The molecule has 0 aliphatic heterocycles. The summed E-state index contributed by atoms with van der Waals surface area (Å²) >= 11 is 11.9. The average Bonchev–Trinajstić information content (AvgIpc) is 2.37. The van der Waals surface area contributed by atoms with Crippen LogP contribution >= 0.6 is 23.2 Å². The van der Waals surface area contributed by atoms with E-state index < -0.39 is 0 Å². The van der Waals surface area contributed by atoms with E-state index >= 15 is 0 Å². The first-order valence-corrected chi connectivity index (χ1v) is 6.47. The van der Waals surface area contributed by atoms with E-state index in [1.165, 1.54) is 7.11 Å². The Morgan fingerprint density at radius 3 is 2.37 bits per heavy atom. The van der Waals surface area contributed by atoms with Crippen molar-refractivity contribution in [3.8, 4) is 0 Å². The van der Waals surface area contributed by atoms with Crippen LogP contribution in [0.25, 0.3) is 0 Å². The predicted octanol–water partition coefficient (Wildman–Crippen LogP) is 4.37. The van der Waals surface area contributed by atoms with E-state index in [-0.39, 0.29) is 5.97 Å². The van der Waals surface area contributed by atoms with Crippen molar-refractivity contribution in [3.63, 3.8) is 0 Å². The zero-order valence-corrected chi connectivity index (χ0v) is 11.8. The van der Waals surface area contributed by atoms with Crippen LogP contribution in [0.2, 0.25) is 10.0 Å². The van der Waals surface area contributed by atoms with E-state index in [9.17, 15) is 4.79 Å². The summed E-state index contributed by atoms with van der Waals surface area (Å²) in [7, 11) is 1.37. The molecule has 2 rings (SSSR count). The molecule has 0 saturated carbocycles. The van der Waals surface area contributed by atoms with Gasteiger partial charge in [-0.25, -0.2) is 4.79 Å². The monoisotopic (exact) mass is 294 g/mol. The third kappa shape index (κ3) is 3.49. The first-order valence-electron chi connectivity index (χ1n) is 5.71. The highest BCUT2D eigenvalue weighted by Gasteiger charge is 2.11. The Kier molecular flexibility index (Phi) is 4.46. The van der Waals surface area contributed by atoms with Crippen LogP contribution in [0.4, 0.5) is 0 Å². The standard InChI is InChI=1S/C15H12Cl2O2/c1-19-15(18)14-5-3-2-4-11(14)6-10-7-12(16)9-13(17)8-10/h2-5,7-9H,6H2,1H3. The lowest BCUT2D eigenvalue weighted by Crippen LogP contribution is -2.05. The number of hydrogen-bond donors (Lipinski definition) is 0. The van der Waals surface area contributed by atoms with Crippen LogP contribution in [0.1, 0.15) is 21.5 Å². The van der Waals surface area contributed by atoms with Gasteiger partial charge in [0.2, 0.25) is 0 Å². The number of methoxy groups -OCH3 is 1. The first kappa shape index (κ1) is 13.9. The van der Waals surface area contributed by atoms with Crippen molar-refractivity contribution >= 4 is 29.2 Å². The van der Waals surface area contributed by atoms with Crippen molar-refractivity contribution in [1.29, 1.82) is 0 Å². The summed E-state index contributed by atoms with van der Waals surface area (Å²) in [6.07, 6.45) is 0.575. The van der Waals surface area contributed by atoms with Crippen molar-refractivity contribution in [2.24, 2.45) is 0 Å². The van der Waals surface area contributed by atoms with Crippen LogP contribution < -0.4 is 0 Å². The van der Waals surface area contributed by atoms with Crippen molar-refractivity contribution in [2.45, 2.75) is 6.42 Å². The fourth-order valence-corrected chi connectivity index (χ4v) is 2.49. The summed E-state index contributed by atoms with van der Waals surface area (Å²) in [5.74, 6) is -0.344. The van der Waals surface area contributed by atoms with Gasteiger partial charge < -0.3 is 4.74 Å². The van der Waals surface area contributed by atoms with Gasteiger partial charge in [0.15, 0.2) is 0 Å². The van der Waals surface area contributed by atoms with Crippen LogP contribution in [0.3, 0.4) is 0 Å². The fraction of sp³-hybridized carbons (Fsp3) is 0.133. The summed E-state index contributed by atoms with van der Waals surface area (Å²) in [6, 6.07) is 12.7. The zero-order chi connectivity index (χ0) is 13.8. The molecule has 0 aliphatic rings. The Labute approximate surface area is 121 Å². The van der Waals surface area contributed by atoms with Crippen molar-refractivity contribution in [2.75, 3.05) is 7.11 Å². The normalized spacial score (nSPS) is 10.3. The van der Waals surface area contributed by atoms with Gasteiger partial charge in [0, 0.05) is 10.0 Å². The predicted molar refractivity (Wildman–Crippen MR) is 77.0 cm³/mol. The number of carbonyl (C=O) groups is 1. The van der Waals surface area contributed by atoms with Crippen molar-refractivity contribution in [1.82, 2.24) is 0 Å². The minimum absolute atomic E-state index is 0.344. The van der Waals surface area contributed by atoms with E-state index in [4.69, 9.17) is 27.9 Å². The summed E-state index contributed by atoms with van der Waals surface area (Å²) in [5.41, 5.74) is 2.39. The van der Waals surface area contributed by atoms with Gasteiger partial charge in [-0.3, -0.25) is 0 Å². The number of hydrogen-bond acceptors (Lipinski definition) is 2. The molecule has 19 heavy (non-hydrogen) atoms. The van der Waals surface area contributed by atoms with E-state index in [1.54, 1.807) is 18.2 Å². The van der Waals surface area contributed by atoms with Crippen LogP contribution in [0, 0.1) is 0 Å². The van der Waals surface area contributed by atoms with Gasteiger partial charge in [-0.05, 0) is 41.8 Å². The second kappa shape index (κ2) is 6.09. The molecule has 4 heteroatoms. The molecule has 0 N–H and O–H groups in total. The molecule has 0 aromatic heterocycles. The minimum Gasteiger partial charge on any atom is -0.465 e. The number of benzene rings is 2. The molecule has 0 amide bonds. The Balaban J connectivity index is 2.35. The molecule has 0 aliphatic carbocycles. The summed E-state index contributed by atoms with van der Waals surface area (Å²) in [5, 5.41) is 1.16. The van der Waals surface area contributed by atoms with Gasteiger partial charge in [0.05, 0.1) is 12.7 Å². The number of ether oxygens (including phenoxy) is 1. The Morgan fingerprint density at radius 2 is 1.74 bits per heavy atom. The number of carbonyl (C=O) groups excluding carboxylic acids is 1. The van der Waals surface area contributed by atoms with Gasteiger partial charge >= 0.3 is 5.97 Å². The summed E-state index contributed by atoms with van der Waals surface area (Å²) in [4.78, 5) is 11.7. The van der Waals surface area contributed by atoms with E-state index in [0.717, 1.165) is 11.1 Å². The van der Waals surface area contributed by atoms with Crippen LogP contribution in [-0.4, -0.2) is 13.1 Å². The van der Waals surface area contributed by atoms with Gasteiger partial charge in [0.25, 0.3) is 0 Å². The number of halogens is 2. The lowest BCUT2D eigenvalue weighted by atomic mass is 10.00. The summed E-state index contributed by atoms with van der Waals surface area (Å²) in [6.45, 7) is 0. The van der Waals surface area contributed by atoms with Gasteiger partial charge in [-0.15, -0.1) is 0 Å². The molecule has 0 unspecified atom stereocenters. The second-order valence-corrected chi connectivity index (χ2v) is 4.98. The average molecular weight is 295 g/mol. The molecule has 0 radical (unpaired) electrons. The highest BCUT2D eigenvalue weighted by molar-refractivity contribution is 6.34. The Hall–Kier alpha value is -1.51. The smallest absolute Gasteiger partial charge is 0.338 e. The molecule has 0 saturated heterocycles. The first-order chi connectivity index (χ1) is 9.10. The molecule has 0 heterocycles. The molecule has 98 valence electrons. The molecule has 0 atom stereocenters. The Morgan fingerprint density at radius 1 is 1.11 bits per heavy atom. The van der Waals surface area contributed by atoms with Crippen LogP contribution in [0.15, 0.2) is 42.5 Å². The van der Waals surface area contributed by atoms with Gasteiger partial charge in [-0.2, -0.15) is 0 Å². The third-order valence-corrected chi connectivity index (χ3v) is 3.18. The maximum absolute atomic E-state index is 11.7. The van der Waals surface area contributed by atoms with Gasteiger partial charge in [0.1, 0.15) is 0 Å². The summed E-state index contributed by atoms with van der Waals surface area (Å²) < 4.78 is 4.77. The molecule has 2 nitrogen and oxygen atoms in total. The molecular formula is C15H12Cl2O2. The SMILES string of the molecule is COC(=O)c1ccccc1Cc1cc(Cl)cc(Cl)c1. The van der Waals surface area contributed by atoms with Crippen molar-refractivity contribution < 1.29 is 9.53 Å². The van der Waals surface area contributed by atoms with Crippen LogP contribution in [0.5, 0.6) is 0 Å². The zero-order valence-electron chi connectivity index (χ0n) is 10.3. The number of esters is 1. The maximum Gasteiger partial charge on any atom is 0.338 e. The van der Waals surface area contributed by atoms with Gasteiger partial charge in [-0.1, -0.05) is 41.4 Å². The Bertz CT molecular complexity index is 589. The van der Waals surface area contributed by atoms with Crippen molar-refractivity contribution in [3.05, 3.63) is 69.2 Å². The lowest BCUT2D eigenvalue weighted by Gasteiger charge is -2.08. The molecular weight excluding hydrogens is 283 g/mol. The van der Waals surface area contributed by atoms with E-state index in [0.29, 0.717) is 22.0 Å². The largest absolute Gasteiger partial charge is 0.465 e. The second-order valence-electron chi connectivity index (χ2n) is 4.10. The molecule has 0 bridgehead atoms.